The molecule has 0 amide bonds. The molecule has 0 spiro atoms. The number of thiophene rings is 1. The topological polar surface area (TPSA) is 52.0 Å². The van der Waals surface area contributed by atoms with Crippen molar-refractivity contribution in [2.75, 3.05) is 5.75 Å². The molecule has 0 unspecified atom stereocenters. The predicted molar refractivity (Wildman–Crippen MR) is 100 cm³/mol. The first kappa shape index (κ1) is 16.9. The first-order valence-electron chi connectivity index (χ1n) is 7.60. The largest absolute Gasteiger partial charge is 0.298 e. The molecule has 2 heterocycles. The lowest BCUT2D eigenvalue weighted by Gasteiger charge is -2.17. The van der Waals surface area contributed by atoms with Gasteiger partial charge in [-0.15, -0.1) is 11.3 Å². The average molecular weight is 358 g/mol. The molecule has 0 aliphatic heterocycles. The molecule has 1 aromatic carbocycles. The van der Waals surface area contributed by atoms with Gasteiger partial charge < -0.3 is 0 Å². The van der Waals surface area contributed by atoms with Crippen molar-refractivity contribution < 1.29 is 4.79 Å². The monoisotopic (exact) mass is 358 g/mol. The van der Waals surface area contributed by atoms with Gasteiger partial charge in [-0.05, 0) is 23.6 Å². The third-order valence-corrected chi connectivity index (χ3v) is 5.40. The minimum absolute atomic E-state index is 0.0989. The summed E-state index contributed by atoms with van der Waals surface area (Å²) in [6, 6.07) is 11.2. The molecule has 6 heteroatoms. The van der Waals surface area contributed by atoms with Crippen molar-refractivity contribution in [1.82, 2.24) is 9.55 Å². The Morgan fingerprint density at radius 3 is 2.58 bits per heavy atom. The van der Waals surface area contributed by atoms with Crippen molar-refractivity contribution in [1.29, 1.82) is 0 Å². The highest BCUT2D eigenvalue weighted by atomic mass is 32.2. The molecule has 3 aromatic rings. The number of aromatic nitrogens is 2. The Morgan fingerprint density at radius 2 is 1.92 bits per heavy atom. The van der Waals surface area contributed by atoms with Gasteiger partial charge in [0, 0.05) is 5.41 Å². The van der Waals surface area contributed by atoms with Crippen LogP contribution in [0.4, 0.5) is 0 Å². The van der Waals surface area contributed by atoms with Gasteiger partial charge in [0.1, 0.15) is 10.6 Å². The fraction of sp³-hybridized carbons (Fsp3) is 0.278. The Bertz CT molecular complexity index is 937. The molecule has 4 nitrogen and oxygen atoms in total. The summed E-state index contributed by atoms with van der Waals surface area (Å²) >= 11 is 2.75. The number of para-hydroxylation sites is 1. The standard InChI is InChI=1S/C18H18N2O2S2/c1-18(2,3)14(21)11-24-17-19-15-13(9-10-23-15)16(22)20(17)12-7-5-4-6-8-12/h4-10H,11H2,1-3H3. The fourth-order valence-electron chi connectivity index (χ4n) is 2.14. The molecule has 24 heavy (non-hydrogen) atoms. The van der Waals surface area contributed by atoms with Crippen LogP contribution in [0, 0.1) is 5.41 Å². The third-order valence-electron chi connectivity index (χ3n) is 3.65. The molecule has 0 aliphatic rings. The second kappa shape index (κ2) is 6.53. The fourth-order valence-corrected chi connectivity index (χ4v) is 4.12. The molecule has 0 fully saturated rings. The Balaban J connectivity index is 2.09. The van der Waals surface area contributed by atoms with Crippen molar-refractivity contribution in [2.45, 2.75) is 25.9 Å². The summed E-state index contributed by atoms with van der Waals surface area (Å²) in [7, 11) is 0. The van der Waals surface area contributed by atoms with Crippen molar-refractivity contribution in [3.8, 4) is 5.69 Å². The second-order valence-electron chi connectivity index (χ2n) is 6.47. The van der Waals surface area contributed by atoms with Crippen LogP contribution in [0.5, 0.6) is 0 Å². The van der Waals surface area contributed by atoms with E-state index in [0.717, 1.165) is 5.69 Å². The zero-order chi connectivity index (χ0) is 17.3. The van der Waals surface area contributed by atoms with Crippen LogP contribution in [0.3, 0.4) is 0 Å². The Labute approximate surface area is 148 Å². The molecule has 3 rings (SSSR count). The number of carbonyl (C=O) groups excluding carboxylic acids is 1. The smallest absolute Gasteiger partial charge is 0.267 e. The summed E-state index contributed by atoms with van der Waals surface area (Å²) in [4.78, 5) is 30.5. The number of thioether (sulfide) groups is 1. The van der Waals surface area contributed by atoms with E-state index in [-0.39, 0.29) is 11.3 Å². The van der Waals surface area contributed by atoms with Crippen molar-refractivity contribution >= 4 is 39.1 Å². The summed E-state index contributed by atoms with van der Waals surface area (Å²) in [5.74, 6) is 0.423. The SMILES string of the molecule is CC(C)(C)C(=O)CSc1nc2sccc2c(=O)n1-c1ccccc1. The first-order valence-corrected chi connectivity index (χ1v) is 9.46. The van der Waals surface area contributed by atoms with E-state index >= 15 is 0 Å². The molecule has 0 saturated carbocycles. The van der Waals surface area contributed by atoms with E-state index in [1.807, 2.05) is 56.5 Å². The van der Waals surface area contributed by atoms with E-state index in [2.05, 4.69) is 4.98 Å². The molecule has 0 bridgehead atoms. The summed E-state index contributed by atoms with van der Waals surface area (Å²) < 4.78 is 1.59. The average Bonchev–Trinajstić information content (AvgIpc) is 3.01. The van der Waals surface area contributed by atoms with E-state index in [9.17, 15) is 9.59 Å². The van der Waals surface area contributed by atoms with Gasteiger partial charge in [-0.3, -0.25) is 14.2 Å². The Hall–Kier alpha value is -1.92. The van der Waals surface area contributed by atoms with Crippen molar-refractivity contribution in [2.24, 2.45) is 5.41 Å². The maximum Gasteiger partial charge on any atom is 0.267 e. The third kappa shape index (κ3) is 3.30. The lowest BCUT2D eigenvalue weighted by molar-refractivity contribution is -0.123. The number of carbonyl (C=O) groups is 1. The van der Waals surface area contributed by atoms with E-state index in [0.29, 0.717) is 21.1 Å². The van der Waals surface area contributed by atoms with Gasteiger partial charge in [-0.2, -0.15) is 0 Å². The van der Waals surface area contributed by atoms with Crippen LogP contribution < -0.4 is 5.56 Å². The van der Waals surface area contributed by atoms with Crippen LogP contribution in [-0.2, 0) is 4.79 Å². The van der Waals surface area contributed by atoms with Crippen LogP contribution in [0.2, 0.25) is 0 Å². The number of Topliss-reactive ketones (excluding diaryl/α,β-unsaturated/α-hetero) is 1. The van der Waals surface area contributed by atoms with E-state index in [1.54, 1.807) is 10.6 Å². The minimum atomic E-state index is -0.405. The van der Waals surface area contributed by atoms with Gasteiger partial charge >= 0.3 is 0 Å². The summed E-state index contributed by atoms with van der Waals surface area (Å²) in [5, 5.41) is 3.03. The van der Waals surface area contributed by atoms with Gasteiger partial charge in [0.2, 0.25) is 0 Å². The maximum atomic E-state index is 12.9. The molecule has 0 aliphatic carbocycles. The van der Waals surface area contributed by atoms with Gasteiger partial charge in [0.25, 0.3) is 5.56 Å². The van der Waals surface area contributed by atoms with Crippen molar-refractivity contribution in [3.63, 3.8) is 0 Å². The van der Waals surface area contributed by atoms with Crippen LogP contribution in [0.15, 0.2) is 51.7 Å². The number of rotatable bonds is 4. The predicted octanol–water partition coefficient (Wildman–Crippen LogP) is 4.15. The van der Waals surface area contributed by atoms with Gasteiger partial charge in [-0.25, -0.2) is 4.98 Å². The van der Waals surface area contributed by atoms with Crippen LogP contribution in [0.25, 0.3) is 15.9 Å². The number of hydrogen-bond acceptors (Lipinski definition) is 5. The summed E-state index contributed by atoms with van der Waals surface area (Å²) in [5.41, 5.74) is 0.254. The van der Waals surface area contributed by atoms with E-state index in [4.69, 9.17) is 0 Å². The second-order valence-corrected chi connectivity index (χ2v) is 8.31. The number of ketones is 1. The lowest BCUT2D eigenvalue weighted by atomic mass is 9.92. The zero-order valence-corrected chi connectivity index (χ0v) is 15.4. The van der Waals surface area contributed by atoms with Gasteiger partial charge in [0.15, 0.2) is 5.16 Å². The number of hydrogen-bond donors (Lipinski definition) is 0. The highest BCUT2D eigenvalue weighted by molar-refractivity contribution is 7.99. The Kier molecular flexibility index (Phi) is 4.60. The lowest BCUT2D eigenvalue weighted by Crippen LogP contribution is -2.24. The molecule has 0 atom stereocenters. The molecule has 124 valence electrons. The van der Waals surface area contributed by atoms with E-state index in [1.165, 1.54) is 23.1 Å². The highest BCUT2D eigenvalue weighted by Gasteiger charge is 2.22. The minimum Gasteiger partial charge on any atom is -0.298 e. The normalized spacial score (nSPS) is 11.8. The maximum absolute atomic E-state index is 12.9. The number of fused-ring (bicyclic) bond motifs is 1. The van der Waals surface area contributed by atoms with E-state index < -0.39 is 5.41 Å². The van der Waals surface area contributed by atoms with Crippen molar-refractivity contribution in [3.05, 3.63) is 52.1 Å². The van der Waals surface area contributed by atoms with Gasteiger partial charge in [-0.1, -0.05) is 50.7 Å². The Morgan fingerprint density at radius 1 is 1.21 bits per heavy atom. The summed E-state index contributed by atoms with van der Waals surface area (Å²) in [6.07, 6.45) is 0. The quantitative estimate of drug-likeness (QED) is 0.519. The molecule has 0 saturated heterocycles. The molecule has 2 aromatic heterocycles. The van der Waals surface area contributed by atoms with Crippen LogP contribution in [0.1, 0.15) is 20.8 Å². The number of benzene rings is 1. The molecule has 0 radical (unpaired) electrons. The molecule has 0 N–H and O–H groups in total. The first-order chi connectivity index (χ1) is 11.4. The van der Waals surface area contributed by atoms with Crippen LogP contribution >= 0.6 is 23.1 Å². The van der Waals surface area contributed by atoms with Gasteiger partial charge in [0.05, 0.1) is 16.8 Å². The molecular formula is C18H18N2O2S2. The summed E-state index contributed by atoms with van der Waals surface area (Å²) in [6.45, 7) is 5.70. The molecular weight excluding hydrogens is 340 g/mol. The van der Waals surface area contributed by atoms with Crippen LogP contribution in [-0.4, -0.2) is 21.1 Å². The highest BCUT2D eigenvalue weighted by Crippen LogP contribution is 2.26. The zero-order valence-electron chi connectivity index (χ0n) is 13.8. The number of nitrogens with zero attached hydrogens (tertiary/aromatic N) is 2.